The first-order chi connectivity index (χ1) is 6.60. The lowest BCUT2D eigenvalue weighted by atomic mass is 9.93. The van der Waals surface area contributed by atoms with Crippen molar-refractivity contribution in [3.63, 3.8) is 0 Å². The minimum absolute atomic E-state index is 0.141. The maximum Gasteiger partial charge on any atom is 0.305 e. The molecule has 0 aliphatic rings. The SMILES string of the molecule is CC(C)(C)CCOC(=O)CCC(C)(C)N. The van der Waals surface area contributed by atoms with E-state index >= 15 is 0 Å². The Morgan fingerprint density at radius 1 is 1.13 bits per heavy atom. The summed E-state index contributed by atoms with van der Waals surface area (Å²) in [4.78, 5) is 11.3. The Labute approximate surface area is 93.4 Å². The van der Waals surface area contributed by atoms with Crippen molar-refractivity contribution in [1.82, 2.24) is 0 Å². The van der Waals surface area contributed by atoms with E-state index < -0.39 is 0 Å². The van der Waals surface area contributed by atoms with Crippen LogP contribution in [-0.4, -0.2) is 18.1 Å². The van der Waals surface area contributed by atoms with E-state index in [1.165, 1.54) is 0 Å². The van der Waals surface area contributed by atoms with Crippen molar-refractivity contribution >= 4 is 5.97 Å². The Balaban J connectivity index is 3.60. The van der Waals surface area contributed by atoms with Crippen molar-refractivity contribution in [2.45, 2.75) is 59.4 Å². The summed E-state index contributed by atoms with van der Waals surface area (Å²) in [6.45, 7) is 10.7. The van der Waals surface area contributed by atoms with Crippen LogP contribution in [0.2, 0.25) is 0 Å². The van der Waals surface area contributed by atoms with Crippen molar-refractivity contribution in [2.75, 3.05) is 6.61 Å². The highest BCUT2D eigenvalue weighted by Gasteiger charge is 2.15. The average molecular weight is 215 g/mol. The molecule has 0 rings (SSSR count). The molecule has 0 heterocycles. The van der Waals surface area contributed by atoms with Gasteiger partial charge in [-0.3, -0.25) is 4.79 Å². The van der Waals surface area contributed by atoms with Crippen molar-refractivity contribution in [2.24, 2.45) is 11.1 Å². The molecule has 15 heavy (non-hydrogen) atoms. The minimum Gasteiger partial charge on any atom is -0.466 e. The van der Waals surface area contributed by atoms with Gasteiger partial charge >= 0.3 is 5.97 Å². The molecule has 3 nitrogen and oxygen atoms in total. The van der Waals surface area contributed by atoms with E-state index in [0.29, 0.717) is 19.4 Å². The van der Waals surface area contributed by atoms with Gasteiger partial charge in [0.15, 0.2) is 0 Å². The third-order valence-corrected chi connectivity index (χ3v) is 2.09. The first kappa shape index (κ1) is 14.4. The maximum atomic E-state index is 11.3. The zero-order chi connectivity index (χ0) is 12.1. The van der Waals surface area contributed by atoms with Crippen molar-refractivity contribution in [3.05, 3.63) is 0 Å². The molecular weight excluding hydrogens is 190 g/mol. The van der Waals surface area contributed by atoms with Gasteiger partial charge in [0.05, 0.1) is 6.61 Å². The van der Waals surface area contributed by atoms with E-state index in [1.54, 1.807) is 0 Å². The lowest BCUT2D eigenvalue weighted by Gasteiger charge is -2.19. The minimum atomic E-state index is -0.289. The Bertz CT molecular complexity index is 199. The fourth-order valence-electron chi connectivity index (χ4n) is 0.967. The number of carbonyl (C=O) groups is 1. The molecule has 0 amide bonds. The van der Waals surface area contributed by atoms with Crippen LogP contribution in [-0.2, 0) is 9.53 Å². The molecule has 0 aromatic heterocycles. The second kappa shape index (κ2) is 5.50. The number of rotatable bonds is 5. The van der Waals surface area contributed by atoms with Gasteiger partial charge in [0.2, 0.25) is 0 Å². The van der Waals surface area contributed by atoms with E-state index in [-0.39, 0.29) is 16.9 Å². The van der Waals surface area contributed by atoms with Crippen LogP contribution in [0.1, 0.15) is 53.9 Å². The largest absolute Gasteiger partial charge is 0.466 e. The van der Waals surface area contributed by atoms with Gasteiger partial charge < -0.3 is 10.5 Å². The number of carbonyl (C=O) groups excluding carboxylic acids is 1. The molecule has 90 valence electrons. The molecule has 3 heteroatoms. The topological polar surface area (TPSA) is 52.3 Å². The normalized spacial score (nSPS) is 12.7. The van der Waals surface area contributed by atoms with Gasteiger partial charge in [-0.15, -0.1) is 0 Å². The number of ether oxygens (including phenoxy) is 1. The second-order valence-electron chi connectivity index (χ2n) is 6.02. The Morgan fingerprint density at radius 3 is 2.07 bits per heavy atom. The van der Waals surface area contributed by atoms with Gasteiger partial charge in [-0.2, -0.15) is 0 Å². The van der Waals surface area contributed by atoms with Crippen LogP contribution in [0.5, 0.6) is 0 Å². The zero-order valence-electron chi connectivity index (χ0n) is 10.7. The molecule has 0 aliphatic carbocycles. The van der Waals surface area contributed by atoms with Gasteiger partial charge in [0.1, 0.15) is 0 Å². The number of hydrogen-bond acceptors (Lipinski definition) is 3. The summed E-state index contributed by atoms with van der Waals surface area (Å²) in [7, 11) is 0. The highest BCUT2D eigenvalue weighted by atomic mass is 16.5. The third-order valence-electron chi connectivity index (χ3n) is 2.09. The molecule has 0 aromatic carbocycles. The van der Waals surface area contributed by atoms with Crippen LogP contribution >= 0.6 is 0 Å². The first-order valence-electron chi connectivity index (χ1n) is 5.55. The van der Waals surface area contributed by atoms with Crippen molar-refractivity contribution in [3.8, 4) is 0 Å². The standard InChI is InChI=1S/C12H25NO2/c1-11(2,3)8-9-15-10(14)6-7-12(4,5)13/h6-9,13H2,1-5H3. The molecule has 0 spiro atoms. The van der Waals surface area contributed by atoms with Crippen LogP contribution in [0.15, 0.2) is 0 Å². The van der Waals surface area contributed by atoms with Crippen LogP contribution in [0.3, 0.4) is 0 Å². The summed E-state index contributed by atoms with van der Waals surface area (Å²) in [6.07, 6.45) is 1.97. The summed E-state index contributed by atoms with van der Waals surface area (Å²) < 4.78 is 5.12. The average Bonchev–Trinajstić information content (AvgIpc) is 1.97. The highest BCUT2D eigenvalue weighted by molar-refractivity contribution is 5.69. The van der Waals surface area contributed by atoms with E-state index in [2.05, 4.69) is 20.8 Å². The summed E-state index contributed by atoms with van der Waals surface area (Å²) in [5, 5.41) is 0. The third kappa shape index (κ3) is 11.4. The first-order valence-corrected chi connectivity index (χ1v) is 5.55. The maximum absolute atomic E-state index is 11.3. The fourth-order valence-corrected chi connectivity index (χ4v) is 0.967. The predicted molar refractivity (Wildman–Crippen MR) is 62.5 cm³/mol. The van der Waals surface area contributed by atoms with E-state index in [9.17, 15) is 4.79 Å². The Kier molecular flexibility index (Phi) is 5.29. The predicted octanol–water partition coefficient (Wildman–Crippen LogP) is 2.48. The zero-order valence-corrected chi connectivity index (χ0v) is 10.7. The van der Waals surface area contributed by atoms with E-state index in [4.69, 9.17) is 10.5 Å². The quantitative estimate of drug-likeness (QED) is 0.717. The second-order valence-corrected chi connectivity index (χ2v) is 6.02. The highest BCUT2D eigenvalue weighted by Crippen LogP contribution is 2.18. The number of nitrogens with two attached hydrogens (primary N) is 1. The van der Waals surface area contributed by atoms with Gasteiger partial charge in [0, 0.05) is 12.0 Å². The van der Waals surface area contributed by atoms with Crippen molar-refractivity contribution < 1.29 is 9.53 Å². The van der Waals surface area contributed by atoms with E-state index in [0.717, 1.165) is 6.42 Å². The summed E-state index contributed by atoms with van der Waals surface area (Å²) >= 11 is 0. The molecule has 0 fully saturated rings. The van der Waals surface area contributed by atoms with Gasteiger partial charge in [0.25, 0.3) is 0 Å². The van der Waals surface area contributed by atoms with Crippen LogP contribution in [0.4, 0.5) is 0 Å². The van der Waals surface area contributed by atoms with Crippen molar-refractivity contribution in [1.29, 1.82) is 0 Å². The molecular formula is C12H25NO2. The molecule has 0 radical (unpaired) electrons. The number of esters is 1. The molecule has 0 saturated carbocycles. The molecule has 0 unspecified atom stereocenters. The van der Waals surface area contributed by atoms with Gasteiger partial charge in [-0.1, -0.05) is 20.8 Å². The fraction of sp³-hybridized carbons (Fsp3) is 0.917. The molecule has 0 bridgehead atoms. The van der Waals surface area contributed by atoms with Crippen LogP contribution in [0.25, 0.3) is 0 Å². The van der Waals surface area contributed by atoms with Gasteiger partial charge in [-0.05, 0) is 32.1 Å². The monoisotopic (exact) mass is 215 g/mol. The summed E-state index contributed by atoms with van der Waals surface area (Å²) in [5.41, 5.74) is 5.70. The molecule has 0 saturated heterocycles. The van der Waals surface area contributed by atoms with Crippen LogP contribution < -0.4 is 5.73 Å². The van der Waals surface area contributed by atoms with Crippen LogP contribution in [0, 0.1) is 5.41 Å². The summed E-state index contributed by atoms with van der Waals surface area (Å²) in [6, 6.07) is 0. The summed E-state index contributed by atoms with van der Waals surface area (Å²) in [5.74, 6) is -0.141. The molecule has 0 aromatic rings. The Morgan fingerprint density at radius 2 is 1.67 bits per heavy atom. The lowest BCUT2D eigenvalue weighted by molar-refractivity contribution is -0.144. The molecule has 0 aliphatic heterocycles. The molecule has 2 N–H and O–H groups in total. The smallest absolute Gasteiger partial charge is 0.305 e. The Hall–Kier alpha value is -0.570. The molecule has 0 atom stereocenters. The number of hydrogen-bond donors (Lipinski definition) is 1. The van der Waals surface area contributed by atoms with E-state index in [1.807, 2.05) is 13.8 Å². The lowest BCUT2D eigenvalue weighted by Crippen LogP contribution is -2.32. The van der Waals surface area contributed by atoms with Gasteiger partial charge in [-0.25, -0.2) is 0 Å².